The van der Waals surface area contributed by atoms with Gasteiger partial charge in [-0.3, -0.25) is 0 Å². The van der Waals surface area contributed by atoms with Crippen molar-refractivity contribution in [3.8, 4) is 0 Å². The molecule has 0 unspecified atom stereocenters. The van der Waals surface area contributed by atoms with Crippen molar-refractivity contribution in [2.75, 3.05) is 0 Å². The lowest BCUT2D eigenvalue weighted by molar-refractivity contribution is -0.0122. The third-order valence-electron chi connectivity index (χ3n) is 24.8. The Morgan fingerprint density at radius 2 is 0.397 bits per heavy atom. The molecule has 0 saturated heterocycles. The molecular weight excluding hydrogens is 823 g/mol. The minimum atomic E-state index is -0.815. The van der Waals surface area contributed by atoms with Gasteiger partial charge < -0.3 is 4.84 Å². The Kier molecular flexibility index (Phi) is 1.99. The summed E-state index contributed by atoms with van der Waals surface area (Å²) in [5.74, 6) is 1.24. The van der Waals surface area contributed by atoms with Gasteiger partial charge in [0.25, 0.3) is 0 Å². The van der Waals surface area contributed by atoms with Crippen molar-refractivity contribution in [1.29, 1.82) is 0 Å². The maximum atomic E-state index is 8.06. The Bertz CT molecular complexity index is 6990. The van der Waals surface area contributed by atoms with Crippen LogP contribution in [0.3, 0.4) is 0 Å². The summed E-state index contributed by atoms with van der Waals surface area (Å²) in [5, 5.41) is 92.6. The number of hydrogen-bond donors (Lipinski definition) is 0. The second kappa shape index (κ2) is 5.48. The van der Waals surface area contributed by atoms with E-state index in [9.17, 15) is 0 Å². The predicted molar refractivity (Wildman–Crippen MR) is 283 cm³/mol. The Labute approximate surface area is 369 Å². The van der Waals surface area contributed by atoms with E-state index >= 15 is 0 Å². The molecule has 0 N–H and O–H groups in total. The van der Waals surface area contributed by atoms with E-state index in [1.807, 2.05) is 0 Å². The maximum Gasteiger partial charge on any atom is 0.209 e. The normalized spacial score (nSPS) is 24.2. The Morgan fingerprint density at radius 3 is 0.603 bits per heavy atom. The van der Waals surface area contributed by atoms with Crippen molar-refractivity contribution in [3.63, 3.8) is 0 Å². The van der Waals surface area contributed by atoms with E-state index in [-0.39, 0.29) is 0 Å². The van der Waals surface area contributed by atoms with Crippen LogP contribution in [0.1, 0.15) is 22.3 Å². The lowest BCUT2D eigenvalue weighted by Gasteiger charge is -2.48. The molecule has 1 aliphatic heterocycles. The molecule has 1 heterocycles. The van der Waals surface area contributed by atoms with Crippen molar-refractivity contribution in [2.45, 2.75) is 11.0 Å². The van der Waals surface area contributed by atoms with Crippen LogP contribution in [-0.4, -0.2) is 5.71 Å². The summed E-state index contributed by atoms with van der Waals surface area (Å²) in [5.41, 5.74) is 5.86. The van der Waals surface area contributed by atoms with Gasteiger partial charge in [-0.1, -0.05) is 5.16 Å². The summed E-state index contributed by atoms with van der Waals surface area (Å²) in [6.07, 6.45) is 9.25. The zero-order valence-electron chi connectivity index (χ0n) is 34.2. The van der Waals surface area contributed by atoms with Crippen LogP contribution < -0.4 is 0 Å². The van der Waals surface area contributed by atoms with Crippen molar-refractivity contribution >= 4 is 297 Å². The van der Waals surface area contributed by atoms with Gasteiger partial charge in [0.15, 0.2) is 0 Å². The molecule has 28 aromatic rings. The molecule has 1 fully saturated rings. The van der Waals surface area contributed by atoms with Gasteiger partial charge in [0.2, 0.25) is 5.60 Å². The van der Waals surface area contributed by atoms with Crippen LogP contribution in [0.25, 0.3) is 291 Å². The van der Waals surface area contributed by atoms with Gasteiger partial charge in [0, 0.05) is 17.0 Å². The summed E-state index contributed by atoms with van der Waals surface area (Å²) >= 11 is 0. The highest BCUT2D eigenvalue weighted by Gasteiger charge is 2.77. The fourth-order valence-electron chi connectivity index (χ4n) is 24.7. The van der Waals surface area contributed by atoms with E-state index in [2.05, 4.69) is 25.7 Å². The zero-order chi connectivity index (χ0) is 39.9. The Morgan fingerprint density at radius 1 is 0.221 bits per heavy atom. The molecule has 5 aliphatic carbocycles. The first-order chi connectivity index (χ1) is 33.9. The average Bonchev–Trinajstić information content (AvgIpc) is 4.26. The molecule has 0 amide bonds. The highest BCUT2D eigenvalue weighted by molar-refractivity contribution is 6.82. The molecule has 28 aromatic carbocycles. The van der Waals surface area contributed by atoms with Crippen LogP contribution in [0, 0.1) is 31.6 Å². The summed E-state index contributed by atoms with van der Waals surface area (Å²) in [6, 6.07) is 0. The second-order valence-corrected chi connectivity index (χ2v) is 24.9. The minimum absolute atomic E-state index is 0.632. The molecule has 0 aromatic heterocycles. The van der Waals surface area contributed by atoms with Gasteiger partial charge >= 0.3 is 0 Å². The van der Waals surface area contributed by atoms with E-state index in [0.29, 0.717) is 0 Å². The third-order valence-corrected chi connectivity index (χ3v) is 24.8. The zero-order valence-corrected chi connectivity index (χ0v) is 34.2. The van der Waals surface area contributed by atoms with Crippen LogP contribution in [0.5, 0.6) is 0 Å². The fraction of sp³-hybridized carbons (Fsp3) is 0.0303. The lowest BCUT2D eigenvalue weighted by atomic mass is 9.51. The summed E-state index contributed by atoms with van der Waals surface area (Å²) in [4.78, 5) is 8.06. The van der Waals surface area contributed by atoms with E-state index in [1.165, 1.54) is 17.0 Å². The van der Waals surface area contributed by atoms with Crippen LogP contribution in [0.15, 0.2) is 5.16 Å². The predicted octanol–water partition coefficient (Wildman–Crippen LogP) is 17.0. The largest absolute Gasteiger partial charge is 0.378 e. The number of benzene rings is 18. The van der Waals surface area contributed by atoms with E-state index in [4.69, 9.17) is 9.99 Å². The smallest absolute Gasteiger partial charge is 0.209 e. The number of nitrogens with zero attached hydrogens (tertiary/aromatic N) is 1. The monoisotopic (exact) mass is 826 g/mol. The van der Waals surface area contributed by atoms with Crippen molar-refractivity contribution in [3.05, 3.63) is 53.9 Å². The summed E-state index contributed by atoms with van der Waals surface area (Å²) < 4.78 is 0. The first-order valence-corrected chi connectivity index (χ1v) is 25.2. The third kappa shape index (κ3) is 1.25. The van der Waals surface area contributed by atoms with Gasteiger partial charge in [0.1, 0.15) is 5.41 Å². The van der Waals surface area contributed by atoms with Crippen LogP contribution in [-0.2, 0) is 15.9 Å². The van der Waals surface area contributed by atoms with Gasteiger partial charge in [0.05, 0.1) is 5.71 Å². The van der Waals surface area contributed by atoms with Crippen molar-refractivity contribution in [2.24, 2.45) is 5.16 Å². The SMILES string of the molecule is [CH]1[CH][CH][C](C2=NOC34c5c6c7c8c9c%10c(c%11c%12c3c3c5c5c%13c6c6c7c7c9c9c%14c%10c%10c%11c%11c%12c%12c3c3c5c5c%13c%13c6c6c7c9c7c9c%14c%10c%10c%11c%11c%12c3c3c5c5c%13c6c7c6c9c%10c%11c3c56)C284)[CH]1. The van der Waals surface area contributed by atoms with Gasteiger partial charge in [-0.05, 0) is 328 Å². The number of hydrogen-bond acceptors (Lipinski definition) is 2. The van der Waals surface area contributed by atoms with Gasteiger partial charge in [-0.2, -0.15) is 0 Å². The molecule has 1 saturated carbocycles. The van der Waals surface area contributed by atoms with Gasteiger partial charge in [-0.25, -0.2) is 0 Å². The maximum absolute atomic E-state index is 8.06. The molecule has 279 valence electrons. The number of rotatable bonds is 1. The topological polar surface area (TPSA) is 21.6 Å². The van der Waals surface area contributed by atoms with E-state index in [0.717, 1.165) is 5.71 Å². The van der Waals surface area contributed by atoms with Crippen molar-refractivity contribution < 1.29 is 4.84 Å². The molecule has 5 radical (unpaired) electrons. The standard InChI is InChI=1S/C66H4NO/c1-2-4-5(3-1)64-65-60-52-44-34-24-16-8-6-7-10-14-12(8)20-28-22(14)32-26-18(10)19-11(7)15-13-9(6)17(16)25-31-21(13)29-23(15)33-27(19)37-36(26)48-42(32)50-40(28)46(38(44)30(20)24)54(60)56(50)62-58(48)59-49(37)43(33)51-41(29)47-39(31)45(35(25)34)53(52)61(65)55(47)57(51)63(59)66(62,65)68-67-64/h1-4H. The highest BCUT2D eigenvalue weighted by Crippen LogP contribution is 2.85. The molecule has 2 heteroatoms. The summed E-state index contributed by atoms with van der Waals surface area (Å²) in [6.45, 7) is 0. The molecule has 6 aliphatic rings. The lowest BCUT2D eigenvalue weighted by Crippen LogP contribution is -2.55. The molecule has 0 atom stereocenters. The molecular formula is C66H4NO. The van der Waals surface area contributed by atoms with Gasteiger partial charge in [-0.15, -0.1) is 0 Å². The molecule has 2 spiro atoms. The first-order valence-electron chi connectivity index (χ1n) is 25.2. The van der Waals surface area contributed by atoms with Crippen molar-refractivity contribution in [1.82, 2.24) is 0 Å². The first kappa shape index (κ1) is 24.6. The molecule has 34 rings (SSSR count). The van der Waals surface area contributed by atoms with E-state index < -0.39 is 11.0 Å². The second-order valence-electron chi connectivity index (χ2n) is 24.9. The molecule has 2 nitrogen and oxygen atoms in total. The fourth-order valence-corrected chi connectivity index (χ4v) is 24.7. The summed E-state index contributed by atoms with van der Waals surface area (Å²) in [7, 11) is 0. The Balaban J connectivity index is 1.21. The minimum Gasteiger partial charge on any atom is -0.378 e. The highest BCUT2D eigenvalue weighted by atomic mass is 16.7. The van der Waals surface area contributed by atoms with Crippen LogP contribution in [0.2, 0.25) is 0 Å². The van der Waals surface area contributed by atoms with Crippen LogP contribution in [0.4, 0.5) is 0 Å². The molecule has 0 bridgehead atoms. The van der Waals surface area contributed by atoms with E-state index in [1.54, 1.807) is 302 Å². The Hall–Kier alpha value is -8.07. The number of oxime groups is 1. The van der Waals surface area contributed by atoms with Crippen LogP contribution >= 0.6 is 0 Å². The molecule has 68 heavy (non-hydrogen) atoms. The average molecular weight is 827 g/mol. The quantitative estimate of drug-likeness (QED) is 0.151.